The smallest absolute Gasteiger partial charge is 0.323 e. The summed E-state index contributed by atoms with van der Waals surface area (Å²) in [6.45, 7) is 19.2. The minimum Gasteiger partial charge on any atom is -0.425 e. The molecular formula is C25H34O2. The molecule has 2 aromatic rings. The minimum absolute atomic E-state index is 0.0368. The topological polar surface area (TPSA) is 26.3 Å². The Bertz CT molecular complexity index is 830. The van der Waals surface area contributed by atoms with Crippen molar-refractivity contribution >= 4 is 5.97 Å². The third-order valence-electron chi connectivity index (χ3n) is 5.20. The van der Waals surface area contributed by atoms with Crippen LogP contribution in [0.25, 0.3) is 0 Å². The molecule has 1 unspecified atom stereocenters. The Kier molecular flexibility index (Phi) is 6.19. The van der Waals surface area contributed by atoms with Crippen molar-refractivity contribution in [1.29, 1.82) is 0 Å². The number of hydrogen-bond acceptors (Lipinski definition) is 2. The average molecular weight is 367 g/mol. The number of carbonyl (C=O) groups excluding carboxylic acids is 1. The first kappa shape index (κ1) is 21.2. The van der Waals surface area contributed by atoms with E-state index in [0.29, 0.717) is 0 Å². The van der Waals surface area contributed by atoms with Crippen LogP contribution in [-0.4, -0.2) is 5.97 Å². The molecule has 3 rings (SSSR count). The van der Waals surface area contributed by atoms with Crippen molar-refractivity contribution in [2.75, 3.05) is 0 Å². The van der Waals surface area contributed by atoms with Gasteiger partial charge in [-0.2, -0.15) is 0 Å². The summed E-state index contributed by atoms with van der Waals surface area (Å²) in [5, 5.41) is 0. The Hall–Kier alpha value is -2.09. The molecule has 1 aliphatic rings. The largest absolute Gasteiger partial charge is 0.425 e. The zero-order valence-corrected chi connectivity index (χ0v) is 18.4. The summed E-state index contributed by atoms with van der Waals surface area (Å²) in [6, 6.07) is 8.55. The Morgan fingerprint density at radius 1 is 0.889 bits per heavy atom. The molecule has 2 heteroatoms. The van der Waals surface area contributed by atoms with Crippen molar-refractivity contribution in [3.05, 3.63) is 63.2 Å². The van der Waals surface area contributed by atoms with Crippen LogP contribution in [-0.2, 0) is 10.2 Å². The van der Waals surface area contributed by atoms with Crippen LogP contribution in [0.4, 0.5) is 0 Å². The van der Waals surface area contributed by atoms with Gasteiger partial charge in [0.2, 0.25) is 0 Å². The molecule has 1 atom stereocenters. The van der Waals surface area contributed by atoms with Gasteiger partial charge < -0.3 is 4.74 Å². The molecular weight excluding hydrogens is 332 g/mol. The van der Waals surface area contributed by atoms with Crippen LogP contribution < -0.4 is 4.74 Å². The van der Waals surface area contributed by atoms with E-state index >= 15 is 0 Å². The molecule has 0 fully saturated rings. The van der Waals surface area contributed by atoms with E-state index in [1.165, 1.54) is 28.7 Å². The van der Waals surface area contributed by atoms with Crippen LogP contribution in [0.3, 0.4) is 0 Å². The lowest BCUT2D eigenvalue weighted by Crippen LogP contribution is -2.14. The van der Waals surface area contributed by atoms with Crippen LogP contribution in [0.2, 0.25) is 0 Å². The first-order valence-electron chi connectivity index (χ1n) is 9.95. The lowest BCUT2D eigenvalue weighted by molar-refractivity contribution is -0.133. The van der Waals surface area contributed by atoms with Crippen molar-refractivity contribution in [1.82, 2.24) is 0 Å². The summed E-state index contributed by atoms with van der Waals surface area (Å²) in [6.07, 6.45) is 1.25. The zero-order valence-electron chi connectivity index (χ0n) is 18.4. The van der Waals surface area contributed by atoms with Crippen molar-refractivity contribution in [3.63, 3.8) is 0 Å². The van der Waals surface area contributed by atoms with Gasteiger partial charge in [0.05, 0.1) is 0 Å². The van der Waals surface area contributed by atoms with Crippen LogP contribution >= 0.6 is 0 Å². The molecule has 146 valence electrons. The van der Waals surface area contributed by atoms with Gasteiger partial charge in [0.15, 0.2) is 0 Å². The lowest BCUT2D eigenvalue weighted by Gasteiger charge is -2.21. The second-order valence-electron chi connectivity index (χ2n) is 8.80. The summed E-state index contributed by atoms with van der Waals surface area (Å²) in [5.41, 5.74) is 8.07. The van der Waals surface area contributed by atoms with E-state index in [9.17, 15) is 4.79 Å². The van der Waals surface area contributed by atoms with Crippen LogP contribution in [0.1, 0.15) is 85.9 Å². The van der Waals surface area contributed by atoms with E-state index in [-0.39, 0.29) is 17.3 Å². The maximum absolute atomic E-state index is 12.6. The van der Waals surface area contributed by atoms with Gasteiger partial charge in [-0.25, -0.2) is 0 Å². The van der Waals surface area contributed by atoms with E-state index < -0.39 is 0 Å². The van der Waals surface area contributed by atoms with E-state index in [1.807, 2.05) is 6.92 Å². The molecule has 0 saturated heterocycles. The van der Waals surface area contributed by atoms with Crippen molar-refractivity contribution in [2.45, 2.75) is 80.1 Å². The van der Waals surface area contributed by atoms with Gasteiger partial charge in [0, 0.05) is 5.56 Å². The van der Waals surface area contributed by atoms with E-state index in [0.717, 1.165) is 22.4 Å². The standard InChI is InChI=1S/C22H26O2.C3H8/c1-12-8-16(9-13(2)15(12)4)19-18-11-17(22(5,6)7)10-14(3)20(18)24-21(19)23;1-3-2/h8-11,19H,1-7H3;3H2,1-2H3. The predicted octanol–water partition coefficient (Wildman–Crippen LogP) is 6.68. The quantitative estimate of drug-likeness (QED) is 0.415. The van der Waals surface area contributed by atoms with Crippen LogP contribution in [0, 0.1) is 27.7 Å². The highest BCUT2D eigenvalue weighted by atomic mass is 16.5. The summed E-state index contributed by atoms with van der Waals surface area (Å²) < 4.78 is 5.64. The normalized spacial score (nSPS) is 15.7. The van der Waals surface area contributed by atoms with Crippen LogP contribution in [0.5, 0.6) is 5.75 Å². The monoisotopic (exact) mass is 366 g/mol. The number of benzene rings is 2. The predicted molar refractivity (Wildman–Crippen MR) is 114 cm³/mol. The number of rotatable bonds is 1. The summed E-state index contributed by atoms with van der Waals surface area (Å²) in [4.78, 5) is 12.6. The van der Waals surface area contributed by atoms with Gasteiger partial charge in [-0.1, -0.05) is 65.3 Å². The highest BCUT2D eigenvalue weighted by molar-refractivity contribution is 5.90. The number of carbonyl (C=O) groups is 1. The Balaban J connectivity index is 0.000000817. The average Bonchev–Trinajstić information content (AvgIpc) is 2.89. The SMILES string of the molecule is CCC.Cc1cc(C2C(=O)Oc3c(C)cc(C(C)(C)C)cc32)cc(C)c1C. The minimum atomic E-state index is -0.320. The van der Waals surface area contributed by atoms with Crippen LogP contribution in [0.15, 0.2) is 24.3 Å². The molecule has 0 amide bonds. The maximum Gasteiger partial charge on any atom is 0.323 e. The molecule has 0 saturated carbocycles. The van der Waals surface area contributed by atoms with Gasteiger partial charge in [-0.05, 0) is 66.5 Å². The molecule has 27 heavy (non-hydrogen) atoms. The highest BCUT2D eigenvalue weighted by Crippen LogP contribution is 2.44. The molecule has 0 aliphatic carbocycles. The fourth-order valence-electron chi connectivity index (χ4n) is 3.43. The number of fused-ring (bicyclic) bond motifs is 1. The van der Waals surface area contributed by atoms with Crippen molar-refractivity contribution < 1.29 is 9.53 Å². The van der Waals surface area contributed by atoms with E-state index in [2.05, 4.69) is 79.7 Å². The van der Waals surface area contributed by atoms with Crippen molar-refractivity contribution in [3.8, 4) is 5.75 Å². The fourth-order valence-corrected chi connectivity index (χ4v) is 3.43. The second kappa shape index (κ2) is 7.88. The Morgan fingerprint density at radius 2 is 1.41 bits per heavy atom. The second-order valence-corrected chi connectivity index (χ2v) is 8.80. The molecule has 1 aliphatic heterocycles. The fraction of sp³-hybridized carbons (Fsp3) is 0.480. The Morgan fingerprint density at radius 3 is 1.89 bits per heavy atom. The van der Waals surface area contributed by atoms with Gasteiger partial charge >= 0.3 is 5.97 Å². The number of hydrogen-bond donors (Lipinski definition) is 0. The van der Waals surface area contributed by atoms with Gasteiger partial charge in [0.25, 0.3) is 0 Å². The summed E-state index contributed by atoms with van der Waals surface area (Å²) in [7, 11) is 0. The first-order valence-corrected chi connectivity index (χ1v) is 9.95. The first-order chi connectivity index (χ1) is 12.5. The maximum atomic E-state index is 12.6. The third kappa shape index (κ3) is 4.26. The number of aryl methyl sites for hydroxylation is 3. The number of ether oxygens (including phenoxy) is 1. The molecule has 2 nitrogen and oxygen atoms in total. The summed E-state index contributed by atoms with van der Waals surface area (Å²) >= 11 is 0. The zero-order chi connectivity index (χ0) is 20.5. The molecule has 0 N–H and O–H groups in total. The summed E-state index contributed by atoms with van der Waals surface area (Å²) in [5.74, 6) is 0.259. The van der Waals surface area contributed by atoms with Gasteiger partial charge in [0.1, 0.15) is 11.7 Å². The van der Waals surface area contributed by atoms with E-state index in [1.54, 1.807) is 0 Å². The molecule has 2 aromatic carbocycles. The molecule has 1 heterocycles. The Labute approximate surface area is 165 Å². The van der Waals surface area contributed by atoms with Gasteiger partial charge in [-0.3, -0.25) is 4.79 Å². The number of esters is 1. The lowest BCUT2D eigenvalue weighted by atomic mass is 9.81. The van der Waals surface area contributed by atoms with Gasteiger partial charge in [-0.15, -0.1) is 0 Å². The molecule has 0 spiro atoms. The highest BCUT2D eigenvalue weighted by Gasteiger charge is 2.37. The van der Waals surface area contributed by atoms with E-state index in [4.69, 9.17) is 4.74 Å². The molecule has 0 bridgehead atoms. The third-order valence-corrected chi connectivity index (χ3v) is 5.20. The molecule has 0 aromatic heterocycles. The van der Waals surface area contributed by atoms with Crippen molar-refractivity contribution in [2.24, 2.45) is 0 Å². The molecule has 0 radical (unpaired) electrons.